The third kappa shape index (κ3) is 6.14. The Morgan fingerprint density at radius 2 is 1.96 bits per heavy atom. The predicted octanol–water partition coefficient (Wildman–Crippen LogP) is 5.45. The maximum Gasteiger partial charge on any atom is 0.125 e. The van der Waals surface area contributed by atoms with Crippen LogP contribution in [0, 0.1) is 18.2 Å². The molecule has 1 aromatic rings. The van der Waals surface area contributed by atoms with E-state index >= 15 is 0 Å². The van der Waals surface area contributed by atoms with Crippen LogP contribution in [-0.4, -0.2) is 13.1 Å². The van der Waals surface area contributed by atoms with Gasteiger partial charge in [0.15, 0.2) is 0 Å². The zero-order valence-corrected chi connectivity index (χ0v) is 16.0. The van der Waals surface area contributed by atoms with Gasteiger partial charge in [-0.15, -0.1) is 6.42 Å². The Morgan fingerprint density at radius 3 is 2.46 bits per heavy atom. The van der Waals surface area contributed by atoms with Crippen LogP contribution in [0.25, 0.3) is 5.57 Å². The van der Waals surface area contributed by atoms with Crippen molar-refractivity contribution in [2.24, 2.45) is 0 Å². The van der Waals surface area contributed by atoms with Crippen molar-refractivity contribution in [1.29, 1.82) is 0 Å². The van der Waals surface area contributed by atoms with Gasteiger partial charge in [0.1, 0.15) is 5.82 Å². The molecule has 0 spiro atoms. The second-order valence-corrected chi connectivity index (χ2v) is 6.05. The molecule has 0 aromatic heterocycles. The van der Waals surface area contributed by atoms with Crippen molar-refractivity contribution in [3.05, 3.63) is 83.9 Å². The average Bonchev–Trinajstić information content (AvgIpc) is 2.60. The SMILES string of the molecule is C#C\C(=C/C(=C/C(=C\C)c1cc(F)cc(NC(C)C)c1)C(=C)C=C)NC. The molecule has 136 valence electrons. The van der Waals surface area contributed by atoms with Gasteiger partial charge in [-0.3, -0.25) is 0 Å². The quantitative estimate of drug-likeness (QED) is 0.481. The lowest BCUT2D eigenvalue weighted by atomic mass is 9.98. The maximum atomic E-state index is 14.1. The van der Waals surface area contributed by atoms with E-state index in [2.05, 4.69) is 29.7 Å². The van der Waals surface area contributed by atoms with Gasteiger partial charge < -0.3 is 10.6 Å². The monoisotopic (exact) mass is 350 g/mol. The summed E-state index contributed by atoms with van der Waals surface area (Å²) >= 11 is 0. The van der Waals surface area contributed by atoms with E-state index in [1.54, 1.807) is 13.1 Å². The maximum absolute atomic E-state index is 14.1. The summed E-state index contributed by atoms with van der Waals surface area (Å²) in [5.41, 5.74) is 4.52. The number of anilines is 1. The summed E-state index contributed by atoms with van der Waals surface area (Å²) in [5.74, 6) is 2.28. The minimum atomic E-state index is -0.294. The molecule has 26 heavy (non-hydrogen) atoms. The Morgan fingerprint density at radius 1 is 1.27 bits per heavy atom. The first-order valence-electron chi connectivity index (χ1n) is 8.47. The number of nitrogens with one attached hydrogen (secondary N) is 2. The van der Waals surface area contributed by atoms with Crippen molar-refractivity contribution in [3.8, 4) is 12.3 Å². The summed E-state index contributed by atoms with van der Waals surface area (Å²) in [6, 6.07) is 5.13. The zero-order valence-electron chi connectivity index (χ0n) is 16.0. The van der Waals surface area contributed by atoms with Crippen LogP contribution in [0.15, 0.2) is 72.5 Å². The van der Waals surface area contributed by atoms with Gasteiger partial charge in [0.2, 0.25) is 0 Å². The van der Waals surface area contributed by atoms with Gasteiger partial charge in [-0.05, 0) is 73.4 Å². The summed E-state index contributed by atoms with van der Waals surface area (Å²) in [6.45, 7) is 13.7. The summed E-state index contributed by atoms with van der Waals surface area (Å²) in [5, 5.41) is 6.18. The number of hydrogen-bond donors (Lipinski definition) is 2. The predicted molar refractivity (Wildman–Crippen MR) is 112 cm³/mol. The van der Waals surface area contributed by atoms with Crippen LogP contribution in [0.5, 0.6) is 0 Å². The highest BCUT2D eigenvalue weighted by molar-refractivity contribution is 5.78. The standard InChI is InChI=1S/C23H27FN2/c1-8-17(6)19(13-22(10-3)25-7)11-18(9-2)20-12-21(24)15-23(14-20)26-16(4)5/h3,8-9,11-16,25-26H,1,6H2,2,4-5,7H3/b18-9+,19-11-,22-13+. The molecule has 3 heteroatoms. The fourth-order valence-corrected chi connectivity index (χ4v) is 2.36. The minimum absolute atomic E-state index is 0.210. The normalized spacial score (nSPS) is 12.6. The number of benzene rings is 1. The largest absolute Gasteiger partial charge is 0.383 e. The highest BCUT2D eigenvalue weighted by atomic mass is 19.1. The second kappa shape index (κ2) is 10.1. The fourth-order valence-electron chi connectivity index (χ4n) is 2.36. The molecule has 1 rings (SSSR count). The number of halogens is 1. The molecule has 0 heterocycles. The molecule has 0 unspecified atom stereocenters. The van der Waals surface area contributed by atoms with Gasteiger partial charge in [0.05, 0.1) is 5.70 Å². The molecule has 2 N–H and O–H groups in total. The first-order valence-corrected chi connectivity index (χ1v) is 8.47. The smallest absolute Gasteiger partial charge is 0.125 e. The van der Waals surface area contributed by atoms with E-state index in [9.17, 15) is 4.39 Å². The summed E-state index contributed by atoms with van der Waals surface area (Å²) in [7, 11) is 1.76. The third-order valence-corrected chi connectivity index (χ3v) is 3.65. The van der Waals surface area contributed by atoms with Gasteiger partial charge >= 0.3 is 0 Å². The zero-order chi connectivity index (χ0) is 19.7. The second-order valence-electron chi connectivity index (χ2n) is 6.05. The van der Waals surface area contributed by atoms with Crippen molar-refractivity contribution in [1.82, 2.24) is 5.32 Å². The van der Waals surface area contributed by atoms with Gasteiger partial charge in [-0.2, -0.15) is 0 Å². The molecule has 0 radical (unpaired) electrons. The molecule has 2 nitrogen and oxygen atoms in total. The van der Waals surface area contributed by atoms with E-state index in [1.165, 1.54) is 12.1 Å². The van der Waals surface area contributed by atoms with Crippen LogP contribution in [0.4, 0.5) is 10.1 Å². The number of rotatable bonds is 8. The number of terminal acetylenes is 1. The molecular weight excluding hydrogens is 323 g/mol. The number of hydrogen-bond acceptors (Lipinski definition) is 2. The van der Waals surface area contributed by atoms with Crippen molar-refractivity contribution in [3.63, 3.8) is 0 Å². The summed E-state index contributed by atoms with van der Waals surface area (Å²) in [4.78, 5) is 0. The lowest BCUT2D eigenvalue weighted by Crippen LogP contribution is -2.10. The van der Waals surface area contributed by atoms with Crippen molar-refractivity contribution >= 4 is 11.3 Å². The Kier molecular flexibility index (Phi) is 8.18. The van der Waals surface area contributed by atoms with E-state index in [-0.39, 0.29) is 11.9 Å². The summed E-state index contributed by atoms with van der Waals surface area (Å²) < 4.78 is 14.1. The van der Waals surface area contributed by atoms with Gasteiger partial charge in [0.25, 0.3) is 0 Å². The van der Waals surface area contributed by atoms with Crippen molar-refractivity contribution in [2.75, 3.05) is 12.4 Å². The molecule has 0 saturated carbocycles. The molecule has 0 saturated heterocycles. The van der Waals surface area contributed by atoms with Crippen molar-refractivity contribution in [2.45, 2.75) is 26.8 Å². The molecule has 0 bridgehead atoms. The van der Waals surface area contributed by atoms with Crippen molar-refractivity contribution < 1.29 is 4.39 Å². The number of allylic oxidation sites excluding steroid dienone is 8. The van der Waals surface area contributed by atoms with Gasteiger partial charge in [-0.25, -0.2) is 4.39 Å². The lowest BCUT2D eigenvalue weighted by molar-refractivity contribution is 0.627. The van der Waals surface area contributed by atoms with E-state index in [0.717, 1.165) is 28.0 Å². The minimum Gasteiger partial charge on any atom is -0.383 e. The van der Waals surface area contributed by atoms with E-state index in [1.807, 2.05) is 45.1 Å². The molecule has 0 aliphatic rings. The van der Waals surface area contributed by atoms with Crippen LogP contribution in [0.3, 0.4) is 0 Å². The topological polar surface area (TPSA) is 24.1 Å². The molecule has 0 atom stereocenters. The molecule has 0 amide bonds. The summed E-state index contributed by atoms with van der Waals surface area (Å²) in [6.07, 6.45) is 12.8. The van der Waals surface area contributed by atoms with E-state index in [4.69, 9.17) is 6.42 Å². The fraction of sp³-hybridized carbons (Fsp3) is 0.217. The van der Waals surface area contributed by atoms with Crippen LogP contribution in [0.2, 0.25) is 0 Å². The Hall–Kier alpha value is -2.99. The first-order chi connectivity index (χ1) is 12.3. The van der Waals surface area contributed by atoms with Crippen LogP contribution < -0.4 is 10.6 Å². The molecular formula is C23H27FN2. The van der Waals surface area contributed by atoms with E-state index < -0.39 is 0 Å². The third-order valence-electron chi connectivity index (χ3n) is 3.65. The lowest BCUT2D eigenvalue weighted by Gasteiger charge is -2.13. The Balaban J connectivity index is 3.44. The Bertz CT molecular complexity index is 802. The van der Waals surface area contributed by atoms with Crippen LogP contribution >= 0.6 is 0 Å². The first kappa shape index (κ1) is 21.1. The molecule has 1 aromatic carbocycles. The Labute approximate surface area is 156 Å². The van der Waals surface area contributed by atoms with E-state index in [0.29, 0.717) is 5.70 Å². The molecule has 0 aliphatic heterocycles. The highest BCUT2D eigenvalue weighted by Crippen LogP contribution is 2.25. The highest BCUT2D eigenvalue weighted by Gasteiger charge is 2.07. The van der Waals surface area contributed by atoms with Crippen LogP contribution in [-0.2, 0) is 0 Å². The van der Waals surface area contributed by atoms with Gasteiger partial charge in [0, 0.05) is 18.8 Å². The van der Waals surface area contributed by atoms with Gasteiger partial charge in [-0.1, -0.05) is 31.2 Å². The molecule has 0 aliphatic carbocycles. The average molecular weight is 350 g/mol. The molecule has 0 fully saturated rings. The van der Waals surface area contributed by atoms with Crippen LogP contribution in [0.1, 0.15) is 26.3 Å².